The molecule has 0 aliphatic heterocycles. The molecule has 0 aliphatic rings. The third-order valence-electron chi connectivity index (χ3n) is 2.21. The Morgan fingerprint density at radius 1 is 1.50 bits per heavy atom. The first-order chi connectivity index (χ1) is 8.63. The molecule has 6 heteroatoms. The molecule has 0 bridgehead atoms. The molecule has 2 aromatic rings. The van der Waals surface area contributed by atoms with E-state index in [2.05, 4.69) is 29.4 Å². The number of amides is 1. The van der Waals surface area contributed by atoms with E-state index in [0.717, 1.165) is 11.4 Å². The number of carbonyl (C=O) groups excluding carboxylic acids is 1. The molecule has 2 heterocycles. The van der Waals surface area contributed by atoms with Crippen molar-refractivity contribution >= 4 is 22.4 Å². The predicted molar refractivity (Wildman–Crippen MR) is 69.5 cm³/mol. The van der Waals surface area contributed by atoms with Gasteiger partial charge in [0.15, 0.2) is 0 Å². The van der Waals surface area contributed by atoms with Crippen molar-refractivity contribution in [3.05, 3.63) is 29.2 Å². The number of hydrogen-bond acceptors (Lipinski definition) is 5. The number of nitrogens with zero attached hydrogens (tertiary/aromatic N) is 2. The summed E-state index contributed by atoms with van der Waals surface area (Å²) in [7, 11) is 0. The highest BCUT2D eigenvalue weighted by Gasteiger charge is 2.10. The Bertz CT molecular complexity index is 505. The van der Waals surface area contributed by atoms with Crippen LogP contribution in [0.15, 0.2) is 22.8 Å². The number of anilines is 1. The van der Waals surface area contributed by atoms with E-state index in [4.69, 9.17) is 4.42 Å². The van der Waals surface area contributed by atoms with Crippen LogP contribution in [0.4, 0.5) is 5.13 Å². The normalized spacial score (nSPS) is 10.8. The SMILES string of the molecule is CC(C)Cc1nnc(NC(=O)Cc2ccco2)s1. The minimum atomic E-state index is -0.141. The van der Waals surface area contributed by atoms with Crippen LogP contribution in [0.2, 0.25) is 0 Å². The topological polar surface area (TPSA) is 68.0 Å². The van der Waals surface area contributed by atoms with Crippen molar-refractivity contribution in [2.75, 3.05) is 5.32 Å². The van der Waals surface area contributed by atoms with Crippen LogP contribution in [0.5, 0.6) is 0 Å². The Hall–Kier alpha value is -1.69. The van der Waals surface area contributed by atoms with Gasteiger partial charge in [0.05, 0.1) is 12.7 Å². The second kappa shape index (κ2) is 5.77. The third-order valence-corrected chi connectivity index (χ3v) is 3.07. The van der Waals surface area contributed by atoms with Crippen LogP contribution in [-0.2, 0) is 17.6 Å². The summed E-state index contributed by atoms with van der Waals surface area (Å²) < 4.78 is 5.11. The van der Waals surface area contributed by atoms with E-state index in [-0.39, 0.29) is 12.3 Å². The molecule has 0 aliphatic carbocycles. The van der Waals surface area contributed by atoms with Gasteiger partial charge in [-0.05, 0) is 18.1 Å². The molecule has 0 fully saturated rings. The summed E-state index contributed by atoms with van der Waals surface area (Å²) in [5.74, 6) is 1.03. The van der Waals surface area contributed by atoms with Crippen molar-refractivity contribution in [3.63, 3.8) is 0 Å². The first kappa shape index (κ1) is 12.8. The van der Waals surface area contributed by atoms with Crippen molar-refractivity contribution in [3.8, 4) is 0 Å². The fraction of sp³-hybridized carbons (Fsp3) is 0.417. The largest absolute Gasteiger partial charge is 0.469 e. The average Bonchev–Trinajstić information content (AvgIpc) is 2.89. The van der Waals surface area contributed by atoms with E-state index in [1.807, 2.05) is 0 Å². The van der Waals surface area contributed by atoms with Gasteiger partial charge in [0.25, 0.3) is 0 Å². The zero-order chi connectivity index (χ0) is 13.0. The fourth-order valence-electron chi connectivity index (χ4n) is 1.47. The fourth-order valence-corrected chi connectivity index (χ4v) is 2.44. The summed E-state index contributed by atoms with van der Waals surface area (Å²) in [6.45, 7) is 4.24. The van der Waals surface area contributed by atoms with E-state index in [0.29, 0.717) is 16.8 Å². The Balaban J connectivity index is 1.89. The third kappa shape index (κ3) is 3.66. The maximum atomic E-state index is 11.7. The van der Waals surface area contributed by atoms with Crippen LogP contribution in [-0.4, -0.2) is 16.1 Å². The summed E-state index contributed by atoms with van der Waals surface area (Å²) in [4.78, 5) is 11.7. The molecule has 0 saturated carbocycles. The van der Waals surface area contributed by atoms with Crippen LogP contribution in [0.25, 0.3) is 0 Å². The molecule has 0 unspecified atom stereocenters. The van der Waals surface area contributed by atoms with Gasteiger partial charge in [-0.1, -0.05) is 25.2 Å². The Labute approximate surface area is 109 Å². The molecule has 5 nitrogen and oxygen atoms in total. The molecule has 1 amide bonds. The molecule has 0 spiro atoms. The average molecular weight is 265 g/mol. The van der Waals surface area contributed by atoms with Crippen LogP contribution >= 0.6 is 11.3 Å². The van der Waals surface area contributed by atoms with Crippen LogP contribution in [0.3, 0.4) is 0 Å². The minimum Gasteiger partial charge on any atom is -0.469 e. The first-order valence-corrected chi connectivity index (χ1v) is 6.59. The first-order valence-electron chi connectivity index (χ1n) is 5.78. The Kier molecular flexibility index (Phi) is 4.09. The van der Waals surface area contributed by atoms with Gasteiger partial charge in [-0.2, -0.15) is 0 Å². The van der Waals surface area contributed by atoms with Crippen molar-refractivity contribution in [2.45, 2.75) is 26.7 Å². The summed E-state index contributed by atoms with van der Waals surface area (Å²) in [6, 6.07) is 3.53. The predicted octanol–water partition coefficient (Wildman–Crippen LogP) is 2.51. The molecule has 18 heavy (non-hydrogen) atoms. The highest BCUT2D eigenvalue weighted by molar-refractivity contribution is 7.15. The van der Waals surface area contributed by atoms with Gasteiger partial charge < -0.3 is 9.73 Å². The van der Waals surface area contributed by atoms with Crippen molar-refractivity contribution in [2.24, 2.45) is 5.92 Å². The molecule has 2 aromatic heterocycles. The van der Waals surface area contributed by atoms with Gasteiger partial charge in [0, 0.05) is 6.42 Å². The van der Waals surface area contributed by atoms with Crippen molar-refractivity contribution in [1.82, 2.24) is 10.2 Å². The van der Waals surface area contributed by atoms with Gasteiger partial charge in [-0.25, -0.2) is 0 Å². The van der Waals surface area contributed by atoms with E-state index < -0.39 is 0 Å². The van der Waals surface area contributed by atoms with Crippen molar-refractivity contribution < 1.29 is 9.21 Å². The van der Waals surface area contributed by atoms with Gasteiger partial charge >= 0.3 is 0 Å². The zero-order valence-corrected chi connectivity index (χ0v) is 11.2. The van der Waals surface area contributed by atoms with E-state index in [9.17, 15) is 4.79 Å². The second-order valence-electron chi connectivity index (χ2n) is 4.40. The lowest BCUT2D eigenvalue weighted by molar-refractivity contribution is -0.115. The molecule has 0 radical (unpaired) electrons. The quantitative estimate of drug-likeness (QED) is 0.902. The van der Waals surface area contributed by atoms with Gasteiger partial charge in [-0.3, -0.25) is 4.79 Å². The maximum Gasteiger partial charge on any atom is 0.233 e. The van der Waals surface area contributed by atoms with E-state index in [1.165, 1.54) is 11.3 Å². The summed E-state index contributed by atoms with van der Waals surface area (Å²) >= 11 is 1.42. The number of nitrogens with one attached hydrogen (secondary N) is 1. The molecule has 96 valence electrons. The Morgan fingerprint density at radius 3 is 3.00 bits per heavy atom. The monoisotopic (exact) mass is 265 g/mol. The number of carbonyl (C=O) groups is 1. The molecule has 1 N–H and O–H groups in total. The summed E-state index contributed by atoms with van der Waals surface area (Å²) in [5, 5.41) is 12.2. The smallest absolute Gasteiger partial charge is 0.233 e. The van der Waals surface area contributed by atoms with Gasteiger partial charge in [0.2, 0.25) is 11.0 Å². The lowest BCUT2D eigenvalue weighted by atomic mass is 10.1. The number of furan rings is 1. The van der Waals surface area contributed by atoms with Crippen LogP contribution in [0.1, 0.15) is 24.6 Å². The molecule has 2 rings (SSSR count). The number of aromatic nitrogens is 2. The van der Waals surface area contributed by atoms with Crippen LogP contribution < -0.4 is 5.32 Å². The molecule has 0 aromatic carbocycles. The standard InChI is InChI=1S/C12H15N3O2S/c1-8(2)6-11-14-15-12(18-11)13-10(16)7-9-4-3-5-17-9/h3-5,8H,6-7H2,1-2H3,(H,13,15,16). The second-order valence-corrected chi connectivity index (χ2v) is 5.47. The highest BCUT2D eigenvalue weighted by Crippen LogP contribution is 2.18. The van der Waals surface area contributed by atoms with Crippen LogP contribution in [0, 0.1) is 5.92 Å². The minimum absolute atomic E-state index is 0.141. The maximum absolute atomic E-state index is 11.7. The lowest BCUT2D eigenvalue weighted by Gasteiger charge is -1.98. The van der Waals surface area contributed by atoms with E-state index in [1.54, 1.807) is 18.4 Å². The number of rotatable bonds is 5. The number of hydrogen-bond donors (Lipinski definition) is 1. The molecule has 0 saturated heterocycles. The Morgan fingerprint density at radius 2 is 2.33 bits per heavy atom. The molecular formula is C12H15N3O2S. The highest BCUT2D eigenvalue weighted by atomic mass is 32.1. The lowest BCUT2D eigenvalue weighted by Crippen LogP contribution is -2.13. The summed E-state index contributed by atoms with van der Waals surface area (Å²) in [5.41, 5.74) is 0. The van der Waals surface area contributed by atoms with Gasteiger partial charge in [-0.15, -0.1) is 10.2 Å². The molecule has 0 atom stereocenters. The van der Waals surface area contributed by atoms with Crippen molar-refractivity contribution in [1.29, 1.82) is 0 Å². The van der Waals surface area contributed by atoms with E-state index >= 15 is 0 Å². The van der Waals surface area contributed by atoms with Gasteiger partial charge in [0.1, 0.15) is 10.8 Å². The summed E-state index contributed by atoms with van der Waals surface area (Å²) in [6.07, 6.45) is 2.64. The molecular weight excluding hydrogens is 250 g/mol. The zero-order valence-electron chi connectivity index (χ0n) is 10.3.